The van der Waals surface area contributed by atoms with Crippen LogP contribution in [0.25, 0.3) is 11.1 Å². The molecule has 1 heteroatoms. The van der Waals surface area contributed by atoms with Crippen LogP contribution in [0.4, 0.5) is 0 Å². The summed E-state index contributed by atoms with van der Waals surface area (Å²) in [5.41, 5.74) is 2.60. The summed E-state index contributed by atoms with van der Waals surface area (Å²) in [6.07, 6.45) is 0. The molecule has 0 amide bonds. The van der Waals surface area contributed by atoms with Crippen molar-refractivity contribution in [1.82, 2.24) is 0 Å². The molecule has 0 saturated carbocycles. The van der Waals surface area contributed by atoms with Crippen LogP contribution in [0.5, 0.6) is 0 Å². The molecule has 0 fully saturated rings. The average Bonchev–Trinajstić information content (AvgIpc) is 2.20. The Bertz CT molecular complexity index is 376. The maximum absolute atomic E-state index is 2.20. The normalized spacial score (nSPS) is 10.0. The van der Waals surface area contributed by atoms with Gasteiger partial charge < -0.3 is 0 Å². The summed E-state index contributed by atoms with van der Waals surface area (Å²) < 4.78 is 1.44. The summed E-state index contributed by atoms with van der Waals surface area (Å²) in [5.74, 6) is 0. The molecule has 0 aliphatic rings. The fraction of sp³-hybridized carbons (Fsp3) is 0. The van der Waals surface area contributed by atoms with E-state index < -0.39 is 0 Å². The van der Waals surface area contributed by atoms with Gasteiger partial charge in [0, 0.05) is 0 Å². The van der Waals surface area contributed by atoms with Gasteiger partial charge in [0.05, 0.1) is 0 Å². The first-order valence-corrected chi connectivity index (χ1v) is 5.48. The summed E-state index contributed by atoms with van der Waals surface area (Å²) in [6, 6.07) is 19.3. The van der Waals surface area contributed by atoms with Crippen molar-refractivity contribution in [1.29, 1.82) is 0 Å². The molecule has 13 heavy (non-hydrogen) atoms. The molecule has 0 saturated heterocycles. The number of hydrogen-bond donors (Lipinski definition) is 0. The first kappa shape index (κ1) is 9.01. The standard InChI is InChI=1S/C12H9.Na/c1-3-7-11(8-4-1)12-9-5-2-6-10-12;/h1,3-10H;. The third-order valence-corrected chi connectivity index (χ3v) is 2.83. The third kappa shape index (κ3) is 2.22. The molecular weight excluding hydrogens is 167 g/mol. The van der Waals surface area contributed by atoms with E-state index in [1.807, 2.05) is 6.07 Å². The Morgan fingerprint density at radius 2 is 1.15 bits per heavy atom. The average molecular weight is 176 g/mol. The molecule has 0 spiro atoms. The van der Waals surface area contributed by atoms with Gasteiger partial charge in [0.25, 0.3) is 0 Å². The van der Waals surface area contributed by atoms with Crippen LogP contribution in [-0.2, 0) is 0 Å². The second-order valence-electron chi connectivity index (χ2n) is 3.23. The van der Waals surface area contributed by atoms with Crippen molar-refractivity contribution in [3.8, 4) is 11.1 Å². The van der Waals surface area contributed by atoms with Gasteiger partial charge >= 0.3 is 96.5 Å². The molecule has 0 nitrogen and oxygen atoms in total. The molecule has 0 aliphatic heterocycles. The molecule has 2 rings (SSSR count). The molecule has 0 N–H and O–H groups in total. The minimum atomic E-state index is 1.13. The predicted molar refractivity (Wildman–Crippen MR) is 57.3 cm³/mol. The Morgan fingerprint density at radius 3 is 1.77 bits per heavy atom. The Labute approximate surface area is 96.0 Å². The van der Waals surface area contributed by atoms with E-state index in [1.54, 1.807) is 0 Å². The van der Waals surface area contributed by atoms with Gasteiger partial charge in [-0.1, -0.05) is 0 Å². The van der Waals surface area contributed by atoms with Crippen LogP contribution in [0.1, 0.15) is 0 Å². The molecular formula is C12H9Na. The van der Waals surface area contributed by atoms with E-state index in [4.69, 9.17) is 0 Å². The zero-order valence-corrected chi connectivity index (χ0v) is 9.70. The summed E-state index contributed by atoms with van der Waals surface area (Å²) in [7, 11) is 0. The molecule has 0 bridgehead atoms. The van der Waals surface area contributed by atoms with Crippen LogP contribution in [0.2, 0.25) is 0 Å². The van der Waals surface area contributed by atoms with Crippen molar-refractivity contribution < 1.29 is 0 Å². The fourth-order valence-corrected chi connectivity index (χ4v) is 1.71. The first-order valence-electron chi connectivity index (χ1n) is 4.48. The van der Waals surface area contributed by atoms with Gasteiger partial charge in [0.2, 0.25) is 0 Å². The van der Waals surface area contributed by atoms with E-state index in [-0.39, 0.29) is 0 Å². The molecule has 0 heterocycles. The molecule has 0 aromatic heterocycles. The molecule has 2 aromatic carbocycles. The molecule has 2 aromatic rings. The topological polar surface area (TPSA) is 0 Å². The first-order chi connectivity index (χ1) is 6.36. The summed E-state index contributed by atoms with van der Waals surface area (Å²) in [5, 5.41) is 0. The third-order valence-electron chi connectivity index (χ3n) is 2.16. The SMILES string of the molecule is [Na][c]1ccc(-c2ccccc2)cc1. The monoisotopic (exact) mass is 176 g/mol. The van der Waals surface area contributed by atoms with E-state index in [0.717, 1.165) is 27.9 Å². The molecule has 0 aliphatic carbocycles. The van der Waals surface area contributed by atoms with Crippen molar-refractivity contribution in [2.75, 3.05) is 0 Å². The van der Waals surface area contributed by atoms with Gasteiger partial charge in [-0.3, -0.25) is 0 Å². The van der Waals surface area contributed by atoms with Gasteiger partial charge in [-0.25, -0.2) is 0 Å². The second kappa shape index (κ2) is 4.10. The quantitative estimate of drug-likeness (QED) is 0.584. The summed E-state index contributed by atoms with van der Waals surface area (Å²) in [6.45, 7) is 0. The number of rotatable bonds is 1. The van der Waals surface area contributed by atoms with Gasteiger partial charge in [0.1, 0.15) is 0 Å². The Kier molecular flexibility index (Phi) is 2.84. The van der Waals surface area contributed by atoms with Crippen LogP contribution in [0.15, 0.2) is 54.6 Å². The van der Waals surface area contributed by atoms with Crippen LogP contribution in [-0.4, -0.2) is 27.9 Å². The Hall–Kier alpha value is -0.560. The van der Waals surface area contributed by atoms with Crippen LogP contribution >= 0.6 is 0 Å². The second-order valence-corrected chi connectivity index (χ2v) is 4.39. The van der Waals surface area contributed by atoms with E-state index in [9.17, 15) is 0 Å². The van der Waals surface area contributed by atoms with Gasteiger partial charge in [-0.15, -0.1) is 0 Å². The van der Waals surface area contributed by atoms with E-state index in [2.05, 4.69) is 48.5 Å². The van der Waals surface area contributed by atoms with Crippen LogP contribution < -0.4 is 2.81 Å². The zero-order chi connectivity index (χ0) is 9.10. The van der Waals surface area contributed by atoms with Crippen LogP contribution in [0.3, 0.4) is 0 Å². The van der Waals surface area contributed by atoms with Crippen molar-refractivity contribution in [2.45, 2.75) is 0 Å². The number of hydrogen-bond acceptors (Lipinski definition) is 0. The fourth-order valence-electron chi connectivity index (χ4n) is 1.38. The van der Waals surface area contributed by atoms with Crippen molar-refractivity contribution in [3.63, 3.8) is 0 Å². The van der Waals surface area contributed by atoms with Gasteiger partial charge in [-0.05, 0) is 0 Å². The van der Waals surface area contributed by atoms with E-state index in [1.165, 1.54) is 13.9 Å². The van der Waals surface area contributed by atoms with Gasteiger partial charge in [0.15, 0.2) is 0 Å². The minimum absolute atomic E-state index is 1.13. The predicted octanol–water partition coefficient (Wildman–Crippen LogP) is 2.15. The van der Waals surface area contributed by atoms with Crippen LogP contribution in [0, 0.1) is 0 Å². The molecule has 0 radical (unpaired) electrons. The van der Waals surface area contributed by atoms with E-state index >= 15 is 0 Å². The maximum atomic E-state index is 2.20. The molecule has 58 valence electrons. The Morgan fingerprint density at radius 1 is 0.615 bits per heavy atom. The van der Waals surface area contributed by atoms with Crippen molar-refractivity contribution >= 4 is 30.7 Å². The van der Waals surface area contributed by atoms with E-state index in [0.29, 0.717) is 0 Å². The Balaban J connectivity index is 2.42. The molecule has 0 atom stereocenters. The zero-order valence-electron chi connectivity index (χ0n) is 7.70. The number of benzene rings is 2. The summed E-state index contributed by atoms with van der Waals surface area (Å²) >= 11 is 1.13. The molecule has 0 unspecified atom stereocenters. The summed E-state index contributed by atoms with van der Waals surface area (Å²) in [4.78, 5) is 0. The van der Waals surface area contributed by atoms with Crippen molar-refractivity contribution in [3.05, 3.63) is 54.6 Å². The van der Waals surface area contributed by atoms with Gasteiger partial charge in [-0.2, -0.15) is 0 Å². The van der Waals surface area contributed by atoms with Crippen molar-refractivity contribution in [2.24, 2.45) is 0 Å².